The molecule has 16 heavy (non-hydrogen) atoms. The van der Waals surface area contributed by atoms with Gasteiger partial charge in [-0.3, -0.25) is 4.79 Å². The fraction of sp³-hybridized carbons (Fsp3) is 0.182. The van der Waals surface area contributed by atoms with E-state index in [2.05, 4.69) is 43.8 Å². The number of hydrogen-bond donors (Lipinski definition) is 1. The number of thioether (sulfide) groups is 1. The molecule has 0 spiro atoms. The van der Waals surface area contributed by atoms with Gasteiger partial charge >= 0.3 is 0 Å². The molecule has 86 valence electrons. The molecule has 1 rings (SSSR count). The lowest BCUT2D eigenvalue weighted by molar-refractivity contribution is -0.113. The lowest BCUT2D eigenvalue weighted by atomic mass is 10.3. The van der Waals surface area contributed by atoms with Crippen molar-refractivity contribution in [2.24, 2.45) is 0 Å². The first-order chi connectivity index (χ1) is 7.61. The summed E-state index contributed by atoms with van der Waals surface area (Å²) in [6, 6.07) is 5.64. The summed E-state index contributed by atoms with van der Waals surface area (Å²) in [5, 5.41) is 2.83. The molecular weight excluding hydrogens is 354 g/mol. The molecule has 0 heterocycles. The molecule has 1 amide bonds. The van der Waals surface area contributed by atoms with E-state index in [-0.39, 0.29) is 5.91 Å². The summed E-state index contributed by atoms with van der Waals surface area (Å²) in [4.78, 5) is 11.5. The van der Waals surface area contributed by atoms with E-state index in [1.165, 1.54) is 11.8 Å². The second-order valence-corrected chi connectivity index (χ2v) is 5.87. The summed E-state index contributed by atoms with van der Waals surface area (Å²) in [7, 11) is 0. The zero-order valence-corrected chi connectivity index (χ0v) is 12.5. The smallest absolute Gasteiger partial charge is 0.234 e. The molecule has 1 aromatic carbocycles. The molecular formula is C11H11Br2NOS. The average molecular weight is 365 g/mol. The van der Waals surface area contributed by atoms with Gasteiger partial charge in [0, 0.05) is 20.4 Å². The van der Waals surface area contributed by atoms with Gasteiger partial charge in [0.25, 0.3) is 0 Å². The molecule has 0 atom stereocenters. The van der Waals surface area contributed by atoms with Crippen LogP contribution in [0.15, 0.2) is 39.8 Å². The highest BCUT2D eigenvalue weighted by Crippen LogP contribution is 2.23. The minimum absolute atomic E-state index is 0.00292. The standard InChI is InChI=1S/C11H11Br2NOS/c1-2-3-16-7-11(15)14-10-5-8(12)4-9(13)6-10/h2,4-6H,1,3,7H2,(H,14,15). The summed E-state index contributed by atoms with van der Waals surface area (Å²) in [6.07, 6.45) is 1.79. The maximum Gasteiger partial charge on any atom is 0.234 e. The van der Waals surface area contributed by atoms with E-state index in [9.17, 15) is 4.79 Å². The lowest BCUT2D eigenvalue weighted by Crippen LogP contribution is -2.14. The van der Waals surface area contributed by atoms with Gasteiger partial charge in [-0.1, -0.05) is 37.9 Å². The summed E-state index contributed by atoms with van der Waals surface area (Å²) in [6.45, 7) is 3.60. The highest BCUT2D eigenvalue weighted by Gasteiger charge is 2.03. The Labute approximate surface area is 116 Å². The van der Waals surface area contributed by atoms with E-state index in [0.29, 0.717) is 5.75 Å². The fourth-order valence-corrected chi connectivity index (χ4v) is 2.89. The highest BCUT2D eigenvalue weighted by atomic mass is 79.9. The predicted octanol–water partition coefficient (Wildman–Crippen LogP) is 4.07. The lowest BCUT2D eigenvalue weighted by Gasteiger charge is -2.05. The van der Waals surface area contributed by atoms with Crippen LogP contribution in [-0.4, -0.2) is 17.4 Å². The van der Waals surface area contributed by atoms with Crippen LogP contribution in [0.1, 0.15) is 0 Å². The number of carbonyl (C=O) groups is 1. The van der Waals surface area contributed by atoms with Gasteiger partial charge in [0.2, 0.25) is 5.91 Å². The topological polar surface area (TPSA) is 29.1 Å². The van der Waals surface area contributed by atoms with Crippen LogP contribution in [-0.2, 0) is 4.79 Å². The number of halogens is 2. The number of benzene rings is 1. The number of hydrogen-bond acceptors (Lipinski definition) is 2. The van der Waals surface area contributed by atoms with Crippen molar-refractivity contribution < 1.29 is 4.79 Å². The van der Waals surface area contributed by atoms with Crippen molar-refractivity contribution in [3.05, 3.63) is 39.8 Å². The number of rotatable bonds is 5. The number of anilines is 1. The molecule has 0 aliphatic carbocycles. The Kier molecular flexibility index (Phi) is 6.16. The summed E-state index contributed by atoms with van der Waals surface area (Å²) < 4.78 is 1.85. The van der Waals surface area contributed by atoms with Crippen molar-refractivity contribution in [1.82, 2.24) is 0 Å². The van der Waals surface area contributed by atoms with Gasteiger partial charge in [-0.2, -0.15) is 0 Å². The van der Waals surface area contributed by atoms with E-state index in [0.717, 1.165) is 20.4 Å². The molecule has 2 nitrogen and oxygen atoms in total. The third-order valence-electron chi connectivity index (χ3n) is 1.62. The zero-order valence-electron chi connectivity index (χ0n) is 8.50. The highest BCUT2D eigenvalue weighted by molar-refractivity contribution is 9.11. The summed E-state index contributed by atoms with van der Waals surface area (Å²) in [5.74, 6) is 1.23. The number of nitrogens with one attached hydrogen (secondary N) is 1. The second-order valence-electron chi connectivity index (χ2n) is 3.01. The van der Waals surface area contributed by atoms with Crippen LogP contribution in [0, 0.1) is 0 Å². The molecule has 0 bridgehead atoms. The average Bonchev–Trinajstić information content (AvgIpc) is 2.16. The van der Waals surface area contributed by atoms with Crippen LogP contribution in [0.2, 0.25) is 0 Å². The molecule has 0 radical (unpaired) electrons. The van der Waals surface area contributed by atoms with Crippen LogP contribution in [0.25, 0.3) is 0 Å². The zero-order chi connectivity index (χ0) is 12.0. The maximum atomic E-state index is 11.5. The molecule has 0 saturated heterocycles. The Bertz CT molecular complexity index is 375. The van der Waals surface area contributed by atoms with Gasteiger partial charge in [0.1, 0.15) is 0 Å². The summed E-state index contributed by atoms with van der Waals surface area (Å²) in [5.41, 5.74) is 0.783. The second kappa shape index (κ2) is 7.14. The van der Waals surface area contributed by atoms with Crippen molar-refractivity contribution in [3.63, 3.8) is 0 Å². The predicted molar refractivity (Wildman–Crippen MR) is 78.0 cm³/mol. The molecule has 0 fully saturated rings. The largest absolute Gasteiger partial charge is 0.325 e. The number of amides is 1. The van der Waals surface area contributed by atoms with Crippen molar-refractivity contribution >= 4 is 55.2 Å². The van der Waals surface area contributed by atoms with E-state index in [1.807, 2.05) is 18.2 Å². The van der Waals surface area contributed by atoms with Gasteiger partial charge in [-0.15, -0.1) is 18.3 Å². The Morgan fingerprint density at radius 3 is 2.56 bits per heavy atom. The van der Waals surface area contributed by atoms with Crippen LogP contribution in [0.4, 0.5) is 5.69 Å². The Morgan fingerprint density at radius 2 is 2.00 bits per heavy atom. The molecule has 0 aliphatic heterocycles. The fourth-order valence-electron chi connectivity index (χ4n) is 1.06. The van der Waals surface area contributed by atoms with Gasteiger partial charge < -0.3 is 5.32 Å². The first kappa shape index (κ1) is 13.8. The van der Waals surface area contributed by atoms with E-state index in [1.54, 1.807) is 6.08 Å². The van der Waals surface area contributed by atoms with Crippen molar-refractivity contribution in [2.75, 3.05) is 16.8 Å². The Balaban J connectivity index is 2.52. The normalized spacial score (nSPS) is 9.88. The van der Waals surface area contributed by atoms with E-state index < -0.39 is 0 Å². The molecule has 1 aromatic rings. The molecule has 0 aromatic heterocycles. The van der Waals surface area contributed by atoms with E-state index in [4.69, 9.17) is 0 Å². The van der Waals surface area contributed by atoms with Crippen molar-refractivity contribution in [3.8, 4) is 0 Å². The first-order valence-electron chi connectivity index (χ1n) is 4.56. The Hall–Kier alpha value is -0.260. The van der Waals surface area contributed by atoms with Gasteiger partial charge in [0.05, 0.1) is 5.75 Å². The molecule has 0 unspecified atom stereocenters. The number of carbonyl (C=O) groups excluding carboxylic acids is 1. The monoisotopic (exact) mass is 363 g/mol. The molecule has 1 N–H and O–H groups in total. The first-order valence-corrected chi connectivity index (χ1v) is 7.30. The van der Waals surface area contributed by atoms with Gasteiger partial charge in [-0.05, 0) is 18.2 Å². The molecule has 5 heteroatoms. The maximum absolute atomic E-state index is 11.5. The van der Waals surface area contributed by atoms with Crippen molar-refractivity contribution in [1.29, 1.82) is 0 Å². The van der Waals surface area contributed by atoms with Gasteiger partial charge in [-0.25, -0.2) is 0 Å². The third-order valence-corrected chi connectivity index (χ3v) is 3.47. The minimum atomic E-state index is -0.00292. The third kappa shape index (κ3) is 5.18. The quantitative estimate of drug-likeness (QED) is 0.630. The van der Waals surface area contributed by atoms with Crippen LogP contribution in [0.3, 0.4) is 0 Å². The molecule has 0 aliphatic rings. The van der Waals surface area contributed by atoms with Crippen LogP contribution in [0.5, 0.6) is 0 Å². The van der Waals surface area contributed by atoms with Crippen LogP contribution >= 0.6 is 43.6 Å². The molecule has 0 saturated carbocycles. The van der Waals surface area contributed by atoms with E-state index >= 15 is 0 Å². The van der Waals surface area contributed by atoms with Gasteiger partial charge in [0.15, 0.2) is 0 Å². The minimum Gasteiger partial charge on any atom is -0.325 e. The Morgan fingerprint density at radius 1 is 1.38 bits per heavy atom. The summed E-state index contributed by atoms with van der Waals surface area (Å²) >= 11 is 8.27. The van der Waals surface area contributed by atoms with Crippen molar-refractivity contribution in [2.45, 2.75) is 0 Å². The van der Waals surface area contributed by atoms with Crippen LogP contribution < -0.4 is 5.32 Å². The SMILES string of the molecule is C=CCSCC(=O)Nc1cc(Br)cc(Br)c1.